The van der Waals surface area contributed by atoms with Crippen LogP contribution in [0.2, 0.25) is 15.1 Å². The number of nitrogens with zero attached hydrogens (tertiary/aromatic N) is 2. The molecule has 28 heavy (non-hydrogen) atoms. The van der Waals surface area contributed by atoms with Gasteiger partial charge in [-0.25, -0.2) is 0 Å². The molecule has 0 atom stereocenters. The van der Waals surface area contributed by atoms with E-state index in [4.69, 9.17) is 39.5 Å². The van der Waals surface area contributed by atoms with Crippen molar-refractivity contribution in [1.29, 1.82) is 0 Å². The minimum absolute atomic E-state index is 0.228. The van der Waals surface area contributed by atoms with Gasteiger partial charge in [-0.15, -0.1) is 0 Å². The van der Waals surface area contributed by atoms with Gasteiger partial charge in [0.15, 0.2) is 5.75 Å². The molecule has 0 spiro atoms. The Morgan fingerprint density at radius 1 is 1.18 bits per heavy atom. The fourth-order valence-corrected chi connectivity index (χ4v) is 4.09. The maximum atomic E-state index is 13.2. The average Bonchev–Trinajstić information content (AvgIpc) is 3.12. The van der Waals surface area contributed by atoms with Crippen molar-refractivity contribution < 1.29 is 9.53 Å². The molecule has 0 fully saturated rings. The molecule has 1 amide bonds. The number of hydrogen-bond acceptors (Lipinski definition) is 3. The second kappa shape index (κ2) is 7.66. The van der Waals surface area contributed by atoms with E-state index in [9.17, 15) is 4.79 Å². The summed E-state index contributed by atoms with van der Waals surface area (Å²) in [5, 5.41) is 8.81. The molecule has 5 nitrogen and oxygen atoms in total. The smallest absolute Gasteiger partial charge is 0.259 e. The van der Waals surface area contributed by atoms with Gasteiger partial charge in [-0.1, -0.05) is 46.9 Å². The second-order valence-corrected chi connectivity index (χ2v) is 7.70. The fourth-order valence-electron chi connectivity index (χ4n) is 3.43. The maximum absolute atomic E-state index is 13.2. The van der Waals surface area contributed by atoms with E-state index in [1.807, 2.05) is 24.3 Å². The third kappa shape index (κ3) is 3.34. The van der Waals surface area contributed by atoms with E-state index in [1.165, 1.54) is 7.11 Å². The molecule has 0 saturated heterocycles. The van der Waals surface area contributed by atoms with Gasteiger partial charge in [0.2, 0.25) is 0 Å². The van der Waals surface area contributed by atoms with Crippen molar-refractivity contribution in [3.05, 3.63) is 68.3 Å². The molecule has 2 heterocycles. The zero-order valence-corrected chi connectivity index (χ0v) is 17.2. The summed E-state index contributed by atoms with van der Waals surface area (Å²) in [5.74, 6) is 0.0560. The predicted molar refractivity (Wildman–Crippen MR) is 110 cm³/mol. The summed E-state index contributed by atoms with van der Waals surface area (Å²) in [7, 11) is 1.47. The molecule has 2 aromatic carbocycles. The standard InChI is InChI=1S/C20H16Cl3N3O2/c1-28-19-15(23)6-5-14(22)17(19)20(27)26-8-7-16-13(10-26)18(25-24-16)11-3-2-4-12(21)9-11/h2-6,9H,7-8,10H2,1H3,(H,24,25). The SMILES string of the molecule is COc1c(Cl)ccc(Cl)c1C(=O)N1CCc2[nH]nc(-c3cccc(Cl)c3)c2C1. The van der Waals surface area contributed by atoms with Crippen LogP contribution in [0.25, 0.3) is 11.3 Å². The molecule has 144 valence electrons. The second-order valence-electron chi connectivity index (χ2n) is 6.45. The third-order valence-electron chi connectivity index (χ3n) is 4.80. The molecule has 1 N–H and O–H groups in total. The largest absolute Gasteiger partial charge is 0.494 e. The molecule has 1 aliphatic heterocycles. The first-order valence-electron chi connectivity index (χ1n) is 8.63. The lowest BCUT2D eigenvalue weighted by atomic mass is 10.00. The highest BCUT2D eigenvalue weighted by Crippen LogP contribution is 2.36. The molecule has 0 radical (unpaired) electrons. The predicted octanol–water partition coefficient (Wildman–Crippen LogP) is 5.24. The zero-order valence-electron chi connectivity index (χ0n) is 14.9. The Hall–Kier alpha value is -2.21. The number of carbonyl (C=O) groups excluding carboxylic acids is 1. The minimum Gasteiger partial charge on any atom is -0.494 e. The normalized spacial score (nSPS) is 13.4. The Kier molecular flexibility index (Phi) is 5.23. The van der Waals surface area contributed by atoms with Gasteiger partial charge < -0.3 is 9.64 Å². The molecule has 0 unspecified atom stereocenters. The van der Waals surface area contributed by atoms with Crippen LogP contribution in [0.5, 0.6) is 5.75 Å². The summed E-state index contributed by atoms with van der Waals surface area (Å²) in [6, 6.07) is 10.7. The van der Waals surface area contributed by atoms with Gasteiger partial charge in [0.25, 0.3) is 5.91 Å². The Bertz CT molecular complexity index is 1060. The summed E-state index contributed by atoms with van der Waals surface area (Å²) in [4.78, 5) is 15.0. The van der Waals surface area contributed by atoms with E-state index in [0.29, 0.717) is 34.6 Å². The molecular formula is C20H16Cl3N3O2. The van der Waals surface area contributed by atoms with E-state index < -0.39 is 0 Å². The number of benzene rings is 2. The summed E-state index contributed by atoms with van der Waals surface area (Å²) in [6.07, 6.45) is 0.662. The number of rotatable bonds is 3. The van der Waals surface area contributed by atoms with E-state index in [-0.39, 0.29) is 17.2 Å². The lowest BCUT2D eigenvalue weighted by molar-refractivity contribution is 0.0731. The molecule has 0 bridgehead atoms. The van der Waals surface area contributed by atoms with Gasteiger partial charge in [0.05, 0.1) is 22.8 Å². The number of hydrogen-bond donors (Lipinski definition) is 1. The summed E-state index contributed by atoms with van der Waals surface area (Å²) >= 11 is 18.6. The Labute approximate surface area is 177 Å². The Balaban J connectivity index is 1.69. The molecule has 4 rings (SSSR count). The van der Waals surface area contributed by atoms with E-state index >= 15 is 0 Å². The van der Waals surface area contributed by atoms with Crippen LogP contribution in [0.3, 0.4) is 0 Å². The number of aromatic nitrogens is 2. The molecule has 8 heteroatoms. The number of fused-ring (bicyclic) bond motifs is 1. The fraction of sp³-hybridized carbons (Fsp3) is 0.200. The molecule has 1 aromatic heterocycles. The summed E-state index contributed by atoms with van der Waals surface area (Å²) in [6.45, 7) is 0.938. The first-order chi connectivity index (χ1) is 13.5. The average molecular weight is 437 g/mol. The molecular weight excluding hydrogens is 421 g/mol. The molecule has 0 aliphatic carbocycles. The van der Waals surface area contributed by atoms with Gasteiger partial charge in [-0.2, -0.15) is 5.10 Å². The highest BCUT2D eigenvalue weighted by molar-refractivity contribution is 6.37. The number of halogens is 3. The highest BCUT2D eigenvalue weighted by atomic mass is 35.5. The number of carbonyl (C=O) groups is 1. The zero-order chi connectivity index (χ0) is 19.8. The lowest BCUT2D eigenvalue weighted by Crippen LogP contribution is -2.36. The number of nitrogens with one attached hydrogen (secondary N) is 1. The summed E-state index contributed by atoms with van der Waals surface area (Å²) < 4.78 is 5.33. The highest BCUT2D eigenvalue weighted by Gasteiger charge is 2.30. The summed E-state index contributed by atoms with van der Waals surface area (Å²) in [5.41, 5.74) is 3.95. The Morgan fingerprint density at radius 3 is 2.71 bits per heavy atom. The van der Waals surface area contributed by atoms with Crippen molar-refractivity contribution in [3.8, 4) is 17.0 Å². The van der Waals surface area contributed by atoms with E-state index in [2.05, 4.69) is 10.2 Å². The van der Waals surface area contributed by atoms with Crippen molar-refractivity contribution in [2.24, 2.45) is 0 Å². The number of amides is 1. The van der Waals surface area contributed by atoms with Crippen molar-refractivity contribution >= 4 is 40.7 Å². The third-order valence-corrected chi connectivity index (χ3v) is 5.64. The van der Waals surface area contributed by atoms with Crippen LogP contribution < -0.4 is 4.74 Å². The monoisotopic (exact) mass is 435 g/mol. The quantitative estimate of drug-likeness (QED) is 0.610. The van der Waals surface area contributed by atoms with Crippen LogP contribution in [0.1, 0.15) is 21.6 Å². The number of aromatic amines is 1. The van der Waals surface area contributed by atoms with Crippen molar-refractivity contribution in [2.75, 3.05) is 13.7 Å². The number of ether oxygens (including phenoxy) is 1. The van der Waals surface area contributed by atoms with Crippen LogP contribution in [0, 0.1) is 0 Å². The number of methoxy groups -OCH3 is 1. The molecule has 0 saturated carbocycles. The minimum atomic E-state index is -0.228. The van der Waals surface area contributed by atoms with Gasteiger partial charge in [0, 0.05) is 41.4 Å². The van der Waals surface area contributed by atoms with Crippen LogP contribution in [-0.2, 0) is 13.0 Å². The van der Waals surface area contributed by atoms with Crippen LogP contribution in [0.4, 0.5) is 0 Å². The molecule has 3 aromatic rings. The topological polar surface area (TPSA) is 58.2 Å². The first-order valence-corrected chi connectivity index (χ1v) is 9.76. The maximum Gasteiger partial charge on any atom is 0.259 e. The van der Waals surface area contributed by atoms with Gasteiger partial charge in [-0.05, 0) is 24.3 Å². The number of H-pyrrole nitrogens is 1. The van der Waals surface area contributed by atoms with Gasteiger partial charge >= 0.3 is 0 Å². The van der Waals surface area contributed by atoms with Crippen LogP contribution in [-0.4, -0.2) is 34.7 Å². The van der Waals surface area contributed by atoms with Crippen molar-refractivity contribution in [2.45, 2.75) is 13.0 Å². The van der Waals surface area contributed by atoms with Gasteiger partial charge in [0.1, 0.15) is 5.56 Å². The van der Waals surface area contributed by atoms with E-state index in [0.717, 1.165) is 22.5 Å². The van der Waals surface area contributed by atoms with Gasteiger partial charge in [-0.3, -0.25) is 9.89 Å². The first kappa shape index (κ1) is 19.1. The Morgan fingerprint density at radius 2 is 1.96 bits per heavy atom. The molecule has 1 aliphatic rings. The lowest BCUT2D eigenvalue weighted by Gasteiger charge is -2.28. The van der Waals surface area contributed by atoms with E-state index in [1.54, 1.807) is 17.0 Å². The van der Waals surface area contributed by atoms with Crippen LogP contribution in [0.15, 0.2) is 36.4 Å². The van der Waals surface area contributed by atoms with Crippen molar-refractivity contribution in [1.82, 2.24) is 15.1 Å². The van der Waals surface area contributed by atoms with Crippen LogP contribution >= 0.6 is 34.8 Å². The van der Waals surface area contributed by atoms with Crippen molar-refractivity contribution in [3.63, 3.8) is 0 Å².